The van der Waals surface area contributed by atoms with Crippen molar-refractivity contribution in [1.29, 1.82) is 0 Å². The fourth-order valence-corrected chi connectivity index (χ4v) is 3.54. The second kappa shape index (κ2) is 9.55. The number of aliphatic hydroxyl groups is 1. The summed E-state index contributed by atoms with van der Waals surface area (Å²) in [5.74, 6) is 0.662. The minimum atomic E-state index is -0.625. The molecule has 0 radical (unpaired) electrons. The van der Waals surface area contributed by atoms with E-state index in [1.54, 1.807) is 12.3 Å². The Morgan fingerprint density at radius 3 is 2.70 bits per heavy atom. The molecular weight excluding hydrogens is 382 g/mol. The van der Waals surface area contributed by atoms with Crippen LogP contribution in [0, 0.1) is 0 Å². The van der Waals surface area contributed by atoms with E-state index in [9.17, 15) is 5.11 Å². The molecule has 3 N–H and O–H groups in total. The lowest BCUT2D eigenvalue weighted by Crippen LogP contribution is -2.39. The molecule has 6 nitrogen and oxygen atoms in total. The number of thiophene rings is 1. The summed E-state index contributed by atoms with van der Waals surface area (Å²) >= 11 is 7.30. The van der Waals surface area contributed by atoms with Crippen molar-refractivity contribution >= 4 is 28.9 Å². The van der Waals surface area contributed by atoms with Gasteiger partial charge in [-0.3, -0.25) is 0 Å². The summed E-state index contributed by atoms with van der Waals surface area (Å²) in [5, 5.41) is 20.8. The lowest BCUT2D eigenvalue weighted by Gasteiger charge is -2.14. The Kier molecular flexibility index (Phi) is 6.86. The zero-order valence-corrected chi connectivity index (χ0v) is 16.5. The number of hydrogen-bond acceptors (Lipinski definition) is 4. The van der Waals surface area contributed by atoms with E-state index in [1.165, 1.54) is 11.3 Å². The standard InChI is InChI=1S/C19H22ClN5OS/c1-2-21-19(23-13-16(26)17-8-9-18(20)27-17)22-12-14-4-6-15(7-5-14)25-11-3-10-24-25/h3-11,16,26H,2,12-13H2,1H3,(H2,21,22,23). The van der Waals surface area contributed by atoms with Gasteiger partial charge in [-0.25, -0.2) is 9.67 Å². The summed E-state index contributed by atoms with van der Waals surface area (Å²) in [4.78, 5) is 5.42. The number of benzene rings is 1. The molecule has 0 aliphatic carbocycles. The normalized spacial score (nSPS) is 12.8. The Morgan fingerprint density at radius 1 is 1.26 bits per heavy atom. The molecule has 2 aromatic heterocycles. The van der Waals surface area contributed by atoms with Crippen LogP contribution in [-0.4, -0.2) is 33.9 Å². The summed E-state index contributed by atoms with van der Waals surface area (Å²) in [5.41, 5.74) is 2.10. The molecule has 1 unspecified atom stereocenters. The number of halogens is 1. The topological polar surface area (TPSA) is 74.5 Å². The number of hydrogen-bond donors (Lipinski definition) is 3. The average Bonchev–Trinajstić information content (AvgIpc) is 3.36. The predicted molar refractivity (Wildman–Crippen MR) is 111 cm³/mol. The van der Waals surface area contributed by atoms with Crippen LogP contribution in [0.4, 0.5) is 0 Å². The molecule has 3 aromatic rings. The summed E-state index contributed by atoms with van der Waals surface area (Å²) in [6.45, 7) is 3.65. The summed E-state index contributed by atoms with van der Waals surface area (Å²) < 4.78 is 2.49. The van der Waals surface area contributed by atoms with E-state index in [1.807, 2.05) is 54.2 Å². The molecule has 1 atom stereocenters. The minimum Gasteiger partial charge on any atom is -0.386 e. The van der Waals surface area contributed by atoms with Crippen molar-refractivity contribution in [2.45, 2.75) is 19.6 Å². The Bertz CT molecular complexity index is 861. The average molecular weight is 404 g/mol. The maximum absolute atomic E-state index is 10.3. The molecule has 0 bridgehead atoms. The predicted octanol–water partition coefficient (Wildman–Crippen LogP) is 3.38. The van der Waals surface area contributed by atoms with Gasteiger partial charge in [-0.1, -0.05) is 23.7 Å². The maximum atomic E-state index is 10.3. The third kappa shape index (κ3) is 5.56. The first kappa shape index (κ1) is 19.4. The molecule has 0 fully saturated rings. The van der Waals surface area contributed by atoms with Crippen LogP contribution >= 0.6 is 22.9 Å². The van der Waals surface area contributed by atoms with E-state index < -0.39 is 6.10 Å². The van der Waals surface area contributed by atoms with E-state index >= 15 is 0 Å². The Labute approximate surface area is 167 Å². The van der Waals surface area contributed by atoms with Crippen molar-refractivity contribution in [3.05, 3.63) is 69.6 Å². The lowest BCUT2D eigenvalue weighted by molar-refractivity contribution is 0.184. The maximum Gasteiger partial charge on any atom is 0.191 e. The molecule has 0 saturated carbocycles. The van der Waals surface area contributed by atoms with Gasteiger partial charge in [0.2, 0.25) is 0 Å². The van der Waals surface area contributed by atoms with Crippen molar-refractivity contribution in [3.63, 3.8) is 0 Å². The summed E-state index contributed by atoms with van der Waals surface area (Å²) in [6.07, 6.45) is 3.04. The fraction of sp³-hybridized carbons (Fsp3) is 0.263. The van der Waals surface area contributed by atoms with E-state index in [2.05, 4.69) is 20.7 Å². The van der Waals surface area contributed by atoms with Crippen LogP contribution in [0.2, 0.25) is 4.34 Å². The van der Waals surface area contributed by atoms with Crippen molar-refractivity contribution in [1.82, 2.24) is 20.4 Å². The van der Waals surface area contributed by atoms with Gasteiger partial charge in [0.15, 0.2) is 5.96 Å². The first-order valence-electron chi connectivity index (χ1n) is 8.70. The van der Waals surface area contributed by atoms with Crippen molar-refractivity contribution in [2.75, 3.05) is 13.1 Å². The Hall–Kier alpha value is -2.35. The van der Waals surface area contributed by atoms with Crippen LogP contribution < -0.4 is 10.6 Å². The van der Waals surface area contributed by atoms with Crippen LogP contribution in [0.3, 0.4) is 0 Å². The van der Waals surface area contributed by atoms with Crippen molar-refractivity contribution < 1.29 is 5.11 Å². The molecule has 1 aromatic carbocycles. The van der Waals surface area contributed by atoms with Crippen LogP contribution in [0.1, 0.15) is 23.5 Å². The zero-order chi connectivity index (χ0) is 19.1. The van der Waals surface area contributed by atoms with Gasteiger partial charge in [-0.2, -0.15) is 5.10 Å². The molecule has 0 amide bonds. The lowest BCUT2D eigenvalue weighted by atomic mass is 10.2. The SMILES string of the molecule is CCNC(=NCc1ccc(-n2cccn2)cc1)NCC(O)c1ccc(Cl)s1. The summed E-state index contributed by atoms with van der Waals surface area (Å²) in [7, 11) is 0. The molecule has 3 rings (SSSR count). The van der Waals surface area contributed by atoms with Gasteiger partial charge >= 0.3 is 0 Å². The van der Waals surface area contributed by atoms with E-state index in [0.717, 1.165) is 22.7 Å². The smallest absolute Gasteiger partial charge is 0.191 e. The highest BCUT2D eigenvalue weighted by Gasteiger charge is 2.11. The molecule has 0 aliphatic rings. The van der Waals surface area contributed by atoms with Crippen LogP contribution in [0.5, 0.6) is 0 Å². The molecule has 27 heavy (non-hydrogen) atoms. The largest absolute Gasteiger partial charge is 0.386 e. The number of aromatic nitrogens is 2. The second-order valence-corrected chi connectivity index (χ2v) is 7.60. The van der Waals surface area contributed by atoms with Gasteiger partial charge in [0, 0.05) is 30.4 Å². The molecule has 8 heteroatoms. The Morgan fingerprint density at radius 2 is 2.07 bits per heavy atom. The molecule has 0 aliphatic heterocycles. The molecule has 0 saturated heterocycles. The van der Waals surface area contributed by atoms with Crippen LogP contribution in [0.15, 0.2) is 59.9 Å². The zero-order valence-electron chi connectivity index (χ0n) is 15.0. The third-order valence-corrected chi connectivity index (χ3v) is 5.19. The molecular formula is C19H22ClN5OS. The summed E-state index contributed by atoms with van der Waals surface area (Å²) in [6, 6.07) is 13.6. The highest BCUT2D eigenvalue weighted by Crippen LogP contribution is 2.26. The highest BCUT2D eigenvalue weighted by molar-refractivity contribution is 7.16. The van der Waals surface area contributed by atoms with Crippen LogP contribution in [0.25, 0.3) is 5.69 Å². The minimum absolute atomic E-state index is 0.362. The number of aliphatic imine (C=N–C) groups is 1. The van der Waals surface area contributed by atoms with Gasteiger partial charge in [0.25, 0.3) is 0 Å². The first-order valence-corrected chi connectivity index (χ1v) is 9.89. The molecule has 142 valence electrons. The van der Waals surface area contributed by atoms with Gasteiger partial charge in [0.05, 0.1) is 16.6 Å². The van der Waals surface area contributed by atoms with Gasteiger partial charge in [0.1, 0.15) is 6.10 Å². The molecule has 2 heterocycles. The number of nitrogens with one attached hydrogen (secondary N) is 2. The van der Waals surface area contributed by atoms with Crippen molar-refractivity contribution in [2.24, 2.45) is 4.99 Å². The van der Waals surface area contributed by atoms with Gasteiger partial charge in [-0.05, 0) is 42.8 Å². The first-order chi connectivity index (χ1) is 13.2. The fourth-order valence-electron chi connectivity index (χ4n) is 2.49. The van der Waals surface area contributed by atoms with Gasteiger partial charge < -0.3 is 15.7 Å². The van der Waals surface area contributed by atoms with E-state index in [-0.39, 0.29) is 0 Å². The number of nitrogens with zero attached hydrogens (tertiary/aromatic N) is 3. The number of guanidine groups is 1. The van der Waals surface area contributed by atoms with Gasteiger partial charge in [-0.15, -0.1) is 11.3 Å². The number of rotatable bonds is 7. The number of aliphatic hydroxyl groups excluding tert-OH is 1. The van der Waals surface area contributed by atoms with E-state index in [4.69, 9.17) is 11.6 Å². The van der Waals surface area contributed by atoms with Crippen LogP contribution in [-0.2, 0) is 6.54 Å². The van der Waals surface area contributed by atoms with Crippen molar-refractivity contribution in [3.8, 4) is 5.69 Å². The monoisotopic (exact) mass is 403 g/mol. The quantitative estimate of drug-likeness (QED) is 0.417. The third-order valence-electron chi connectivity index (χ3n) is 3.85. The van der Waals surface area contributed by atoms with E-state index in [0.29, 0.717) is 23.4 Å². The second-order valence-electron chi connectivity index (χ2n) is 5.85. The molecule has 0 spiro atoms. The Balaban J connectivity index is 1.58. The highest BCUT2D eigenvalue weighted by atomic mass is 35.5.